The first kappa shape index (κ1) is 19.9. The van der Waals surface area contributed by atoms with Crippen molar-refractivity contribution < 1.29 is 24.5 Å². The summed E-state index contributed by atoms with van der Waals surface area (Å²) >= 11 is 0. The summed E-state index contributed by atoms with van der Waals surface area (Å²) in [6.07, 6.45) is -0.250. The third-order valence-electron chi connectivity index (χ3n) is 4.40. The Kier molecular flexibility index (Phi) is 6.47. The van der Waals surface area contributed by atoms with E-state index in [0.717, 1.165) is 16.7 Å². The van der Waals surface area contributed by atoms with Crippen molar-refractivity contribution in [1.82, 2.24) is 5.32 Å². The summed E-state index contributed by atoms with van der Waals surface area (Å²) in [5, 5.41) is 21.8. The van der Waals surface area contributed by atoms with Gasteiger partial charge in [-0.15, -0.1) is 0 Å². The van der Waals surface area contributed by atoms with Crippen LogP contribution in [0.25, 0.3) is 0 Å². The van der Waals surface area contributed by atoms with Crippen LogP contribution in [0.5, 0.6) is 11.5 Å². The van der Waals surface area contributed by atoms with E-state index in [4.69, 9.17) is 4.74 Å². The third-order valence-corrected chi connectivity index (χ3v) is 4.40. The monoisotopic (exact) mass is 391 g/mol. The van der Waals surface area contributed by atoms with Crippen LogP contribution in [-0.2, 0) is 17.6 Å². The molecule has 0 saturated heterocycles. The number of rotatable bonds is 7. The quantitative estimate of drug-likeness (QED) is 0.570. The van der Waals surface area contributed by atoms with Crippen LogP contribution >= 0.6 is 0 Å². The smallest absolute Gasteiger partial charge is 0.413 e. The van der Waals surface area contributed by atoms with Gasteiger partial charge in [0.2, 0.25) is 0 Å². The number of carboxylic acid groups (broad SMARTS) is 1. The second-order valence-corrected chi connectivity index (χ2v) is 6.56. The van der Waals surface area contributed by atoms with Gasteiger partial charge in [-0.25, -0.2) is 9.59 Å². The summed E-state index contributed by atoms with van der Waals surface area (Å²) in [6, 6.07) is 21.7. The standard InChI is InChI=1S/C23H21NO5/c25-19-12-11-17(18(14-19)13-16-7-3-1-4-8-16)15-21(22(26)27)24-23(28)29-20-9-5-2-6-10-20/h1-12,14,21,25H,13,15H2,(H,24,28)(H,26,27)/t21-/m0/s1. The van der Waals surface area contributed by atoms with Gasteiger partial charge in [-0.3, -0.25) is 0 Å². The lowest BCUT2D eigenvalue weighted by molar-refractivity contribution is -0.139. The van der Waals surface area contributed by atoms with Gasteiger partial charge in [-0.1, -0.05) is 54.6 Å². The van der Waals surface area contributed by atoms with Gasteiger partial charge >= 0.3 is 12.1 Å². The van der Waals surface area contributed by atoms with Crippen LogP contribution in [-0.4, -0.2) is 28.3 Å². The molecule has 0 unspecified atom stereocenters. The molecule has 3 rings (SSSR count). The topological polar surface area (TPSA) is 95.9 Å². The summed E-state index contributed by atoms with van der Waals surface area (Å²) in [5.74, 6) is -0.750. The van der Waals surface area contributed by atoms with Crippen LogP contribution in [0.15, 0.2) is 78.9 Å². The van der Waals surface area contributed by atoms with Crippen LogP contribution in [0.1, 0.15) is 16.7 Å². The van der Waals surface area contributed by atoms with Crippen molar-refractivity contribution in [1.29, 1.82) is 0 Å². The van der Waals surface area contributed by atoms with Gasteiger partial charge in [-0.2, -0.15) is 0 Å². The number of amides is 1. The van der Waals surface area contributed by atoms with Gasteiger partial charge in [0, 0.05) is 6.42 Å². The Morgan fingerprint density at radius 1 is 0.897 bits per heavy atom. The number of benzene rings is 3. The number of aliphatic carboxylic acids is 1. The average Bonchev–Trinajstić information content (AvgIpc) is 2.70. The molecule has 3 aromatic carbocycles. The molecule has 0 spiro atoms. The Bertz CT molecular complexity index is 973. The van der Waals surface area contributed by atoms with Crippen molar-refractivity contribution in [3.05, 3.63) is 95.6 Å². The molecule has 0 radical (unpaired) electrons. The summed E-state index contributed by atoms with van der Waals surface area (Å²) in [6.45, 7) is 0. The Morgan fingerprint density at radius 2 is 1.55 bits per heavy atom. The second kappa shape index (κ2) is 9.41. The molecule has 0 bridgehead atoms. The Hall–Kier alpha value is -3.80. The van der Waals surface area contributed by atoms with Crippen LogP contribution in [0, 0.1) is 0 Å². The van der Waals surface area contributed by atoms with Crippen molar-refractivity contribution in [2.45, 2.75) is 18.9 Å². The van der Waals surface area contributed by atoms with Gasteiger partial charge in [0.05, 0.1) is 0 Å². The molecule has 0 fully saturated rings. The van der Waals surface area contributed by atoms with E-state index >= 15 is 0 Å². The molecule has 6 heteroatoms. The molecule has 0 heterocycles. The van der Waals surface area contributed by atoms with Gasteiger partial charge in [0.25, 0.3) is 0 Å². The molecular formula is C23H21NO5. The number of aromatic hydroxyl groups is 1. The maximum atomic E-state index is 12.1. The first-order valence-corrected chi connectivity index (χ1v) is 9.12. The van der Waals surface area contributed by atoms with Gasteiger partial charge in [-0.05, 0) is 47.4 Å². The van der Waals surface area contributed by atoms with Crippen molar-refractivity contribution in [3.8, 4) is 11.5 Å². The normalized spacial score (nSPS) is 11.4. The molecule has 29 heavy (non-hydrogen) atoms. The molecule has 1 amide bonds. The molecule has 3 aromatic rings. The van der Waals surface area contributed by atoms with E-state index in [2.05, 4.69) is 5.32 Å². The van der Waals surface area contributed by atoms with Crippen molar-refractivity contribution >= 4 is 12.1 Å². The highest BCUT2D eigenvalue weighted by Gasteiger charge is 2.23. The zero-order valence-electron chi connectivity index (χ0n) is 15.6. The van der Waals surface area contributed by atoms with Crippen molar-refractivity contribution in [2.75, 3.05) is 0 Å². The van der Waals surface area contributed by atoms with E-state index in [1.807, 2.05) is 30.3 Å². The lowest BCUT2D eigenvalue weighted by Gasteiger charge is -2.17. The summed E-state index contributed by atoms with van der Waals surface area (Å²) in [5.41, 5.74) is 2.54. The SMILES string of the molecule is O=C(N[C@@H](Cc1ccc(O)cc1Cc1ccccc1)C(=O)O)Oc1ccccc1. The maximum absolute atomic E-state index is 12.1. The van der Waals surface area contributed by atoms with Crippen molar-refractivity contribution in [3.63, 3.8) is 0 Å². The molecule has 1 atom stereocenters. The molecule has 6 nitrogen and oxygen atoms in total. The first-order chi connectivity index (χ1) is 14.0. The predicted octanol–water partition coefficient (Wildman–Crippen LogP) is 3.77. The molecule has 0 saturated carbocycles. The predicted molar refractivity (Wildman–Crippen MR) is 108 cm³/mol. The number of ether oxygens (including phenoxy) is 1. The van der Waals surface area contributed by atoms with Crippen LogP contribution in [0.2, 0.25) is 0 Å². The number of hydrogen-bond donors (Lipinski definition) is 3. The minimum absolute atomic E-state index is 0.0572. The molecule has 3 N–H and O–H groups in total. The number of carbonyl (C=O) groups is 2. The number of para-hydroxylation sites is 1. The van der Waals surface area contributed by atoms with Gasteiger partial charge in [0.1, 0.15) is 17.5 Å². The van der Waals surface area contributed by atoms with Crippen molar-refractivity contribution in [2.24, 2.45) is 0 Å². The minimum atomic E-state index is -1.18. The largest absolute Gasteiger partial charge is 0.508 e. The Morgan fingerprint density at radius 3 is 2.21 bits per heavy atom. The molecular weight excluding hydrogens is 370 g/mol. The number of nitrogens with one attached hydrogen (secondary N) is 1. The Balaban J connectivity index is 1.74. The molecule has 0 aliphatic carbocycles. The first-order valence-electron chi connectivity index (χ1n) is 9.12. The Labute approximate surface area is 168 Å². The van der Waals surface area contributed by atoms with Gasteiger partial charge in [0.15, 0.2) is 0 Å². The lowest BCUT2D eigenvalue weighted by Crippen LogP contribution is -2.43. The second-order valence-electron chi connectivity index (χ2n) is 6.56. The molecule has 0 aliphatic heterocycles. The van der Waals surface area contributed by atoms with E-state index in [-0.39, 0.29) is 12.2 Å². The zero-order chi connectivity index (χ0) is 20.6. The fraction of sp³-hybridized carbons (Fsp3) is 0.130. The number of phenols is 1. The highest BCUT2D eigenvalue weighted by molar-refractivity contribution is 5.81. The fourth-order valence-corrected chi connectivity index (χ4v) is 2.98. The molecule has 0 aliphatic rings. The molecule has 0 aromatic heterocycles. The van der Waals surface area contributed by atoms with Gasteiger partial charge < -0.3 is 20.3 Å². The van der Waals surface area contributed by atoms with E-state index in [1.165, 1.54) is 6.07 Å². The summed E-state index contributed by atoms with van der Waals surface area (Å²) in [4.78, 5) is 23.8. The highest BCUT2D eigenvalue weighted by atomic mass is 16.6. The van der Waals surface area contributed by atoms with E-state index in [9.17, 15) is 19.8 Å². The number of phenolic OH excluding ortho intramolecular Hbond substituents is 1. The zero-order valence-corrected chi connectivity index (χ0v) is 15.6. The van der Waals surface area contributed by atoms with E-state index in [1.54, 1.807) is 42.5 Å². The number of carbonyl (C=O) groups excluding carboxylic acids is 1. The number of carboxylic acids is 1. The highest BCUT2D eigenvalue weighted by Crippen LogP contribution is 2.21. The molecule has 148 valence electrons. The van der Waals surface area contributed by atoms with Crippen LogP contribution < -0.4 is 10.1 Å². The maximum Gasteiger partial charge on any atom is 0.413 e. The number of hydrogen-bond acceptors (Lipinski definition) is 4. The summed E-state index contributed by atoms with van der Waals surface area (Å²) < 4.78 is 5.12. The van der Waals surface area contributed by atoms with Crippen LogP contribution in [0.3, 0.4) is 0 Å². The van der Waals surface area contributed by atoms with E-state index < -0.39 is 18.1 Å². The van der Waals surface area contributed by atoms with Crippen LogP contribution in [0.4, 0.5) is 4.79 Å². The third kappa shape index (κ3) is 5.84. The fourth-order valence-electron chi connectivity index (χ4n) is 2.98. The summed E-state index contributed by atoms with van der Waals surface area (Å²) in [7, 11) is 0. The lowest BCUT2D eigenvalue weighted by atomic mass is 9.95. The van der Waals surface area contributed by atoms with E-state index in [0.29, 0.717) is 12.2 Å². The average molecular weight is 391 g/mol. The minimum Gasteiger partial charge on any atom is -0.508 e.